The van der Waals surface area contributed by atoms with E-state index in [9.17, 15) is 0 Å². The number of rotatable bonds is 5. The summed E-state index contributed by atoms with van der Waals surface area (Å²) in [5.41, 5.74) is 0. The molecule has 0 aliphatic rings. The van der Waals surface area contributed by atoms with Crippen molar-refractivity contribution in [1.29, 1.82) is 0 Å². The Balaban J connectivity index is 3.71. The molecule has 0 aromatic heterocycles. The molecule has 1 N–H and O–H groups in total. The highest BCUT2D eigenvalue weighted by Crippen LogP contribution is 2.36. The molecule has 4 heteroatoms. The zero-order valence-corrected chi connectivity index (χ0v) is 11.2. The van der Waals surface area contributed by atoms with Crippen LogP contribution >= 0.6 is 47.8 Å². The topological polar surface area (TPSA) is 20.2 Å². The Morgan fingerprint density at radius 3 is 2.36 bits per heavy atom. The van der Waals surface area contributed by atoms with Crippen molar-refractivity contribution >= 4 is 47.8 Å². The second-order valence-electron chi connectivity index (χ2n) is 2.53. The Labute approximate surface area is 93.3 Å². The molecule has 0 heterocycles. The number of aliphatic hydroxyl groups is 1. The summed E-state index contributed by atoms with van der Waals surface area (Å²) >= 11 is 10.3. The summed E-state index contributed by atoms with van der Waals surface area (Å²) in [6.07, 6.45) is 3.42. The van der Waals surface area contributed by atoms with Gasteiger partial charge < -0.3 is 5.11 Å². The lowest BCUT2D eigenvalue weighted by Crippen LogP contribution is -2.28. The van der Waals surface area contributed by atoms with Crippen LogP contribution < -0.4 is 0 Å². The first-order valence-corrected chi connectivity index (χ1v) is 6.17. The van der Waals surface area contributed by atoms with Crippen molar-refractivity contribution < 1.29 is 5.11 Å². The average Bonchev–Trinajstić information content (AvgIpc) is 2.00. The van der Waals surface area contributed by atoms with Crippen LogP contribution in [-0.4, -0.2) is 19.8 Å². The highest BCUT2D eigenvalue weighted by Gasteiger charge is 2.30. The predicted molar refractivity (Wildman–Crippen MR) is 59.9 cm³/mol. The van der Waals surface area contributed by atoms with E-state index < -0.39 is 0 Å². The molecule has 0 aliphatic carbocycles. The van der Waals surface area contributed by atoms with Crippen molar-refractivity contribution in [3.05, 3.63) is 0 Å². The third-order valence-electron chi connectivity index (χ3n) is 1.48. The second-order valence-corrected chi connectivity index (χ2v) is 7.53. The van der Waals surface area contributed by atoms with Gasteiger partial charge in [-0.05, 0) is 6.42 Å². The second kappa shape index (κ2) is 5.95. The number of unbranched alkanes of at least 4 members (excludes halogenated alkanes) is 1. The van der Waals surface area contributed by atoms with Crippen LogP contribution in [0, 0.1) is 0 Å². The van der Waals surface area contributed by atoms with E-state index in [1.165, 1.54) is 12.8 Å². The fourth-order valence-electron chi connectivity index (χ4n) is 0.694. The molecule has 0 aromatic carbocycles. The van der Waals surface area contributed by atoms with Crippen LogP contribution in [0.2, 0.25) is 0 Å². The lowest BCUT2D eigenvalue weighted by molar-refractivity contribution is 0.285. The van der Waals surface area contributed by atoms with Gasteiger partial charge in [-0.25, -0.2) is 0 Å². The van der Waals surface area contributed by atoms with Crippen LogP contribution in [0.5, 0.6) is 0 Å². The van der Waals surface area contributed by atoms with E-state index in [1.807, 2.05) is 0 Å². The molecule has 0 saturated carbocycles. The molecule has 0 spiro atoms. The molecule has 0 fully saturated rings. The molecule has 0 radical (unpaired) electrons. The Hall–Kier alpha value is 1.40. The van der Waals surface area contributed by atoms with Gasteiger partial charge in [0.05, 0.1) is 6.61 Å². The van der Waals surface area contributed by atoms with Crippen molar-refractivity contribution in [1.82, 2.24) is 0 Å². The minimum absolute atomic E-state index is 0.0899. The molecule has 0 bridgehead atoms. The van der Waals surface area contributed by atoms with Crippen LogP contribution in [0.1, 0.15) is 26.2 Å². The van der Waals surface area contributed by atoms with Gasteiger partial charge in [0.15, 0.2) is 0 Å². The van der Waals surface area contributed by atoms with Crippen molar-refractivity contribution in [2.45, 2.75) is 34.2 Å². The van der Waals surface area contributed by atoms with Gasteiger partial charge in [-0.3, -0.25) is 0 Å². The molecular formula is C7H13Br3O. The maximum absolute atomic E-state index is 8.94. The fraction of sp³-hybridized carbons (Fsp3) is 1.00. The molecule has 0 rings (SSSR count). The van der Waals surface area contributed by atoms with E-state index in [0.29, 0.717) is 0 Å². The van der Waals surface area contributed by atoms with Gasteiger partial charge >= 0.3 is 0 Å². The summed E-state index contributed by atoms with van der Waals surface area (Å²) in [4.78, 5) is 0.278. The Bertz CT molecular complexity index is 106. The van der Waals surface area contributed by atoms with Gasteiger partial charge in [0.1, 0.15) is 3.23 Å². The maximum Gasteiger partial charge on any atom is 0.116 e. The first-order chi connectivity index (χ1) is 5.04. The molecule has 0 saturated heterocycles. The smallest absolute Gasteiger partial charge is 0.116 e. The van der Waals surface area contributed by atoms with Crippen molar-refractivity contribution in [3.63, 3.8) is 0 Å². The summed E-state index contributed by atoms with van der Waals surface area (Å²) in [7, 11) is 0. The fourth-order valence-corrected chi connectivity index (χ4v) is 1.62. The van der Waals surface area contributed by atoms with Gasteiger partial charge in [-0.15, -0.1) is 0 Å². The molecule has 1 unspecified atom stereocenters. The van der Waals surface area contributed by atoms with Gasteiger partial charge in [-0.2, -0.15) is 0 Å². The van der Waals surface area contributed by atoms with E-state index in [2.05, 4.69) is 54.7 Å². The molecule has 11 heavy (non-hydrogen) atoms. The van der Waals surface area contributed by atoms with Crippen LogP contribution in [-0.2, 0) is 0 Å². The summed E-state index contributed by atoms with van der Waals surface area (Å²) in [6, 6.07) is 0. The lowest BCUT2D eigenvalue weighted by atomic mass is 10.1. The largest absolute Gasteiger partial charge is 0.394 e. The Morgan fingerprint density at radius 2 is 2.00 bits per heavy atom. The summed E-state index contributed by atoms with van der Waals surface area (Å²) < 4.78 is -0.352. The van der Waals surface area contributed by atoms with Crippen LogP contribution in [0.3, 0.4) is 0 Å². The number of halogens is 3. The number of hydrogen-bond donors (Lipinski definition) is 1. The molecule has 68 valence electrons. The third-order valence-corrected chi connectivity index (χ3v) is 5.56. The average molecular weight is 353 g/mol. The minimum atomic E-state index is -0.352. The summed E-state index contributed by atoms with van der Waals surface area (Å²) in [5.74, 6) is 0. The highest BCUT2D eigenvalue weighted by atomic mass is 79.9. The standard InChI is InChI=1S/C7H13Br3O/c1-2-3-4-6(8)7(9,10)5-11/h6,11H,2-5H2,1H3. The van der Waals surface area contributed by atoms with Crippen LogP contribution in [0.25, 0.3) is 0 Å². The van der Waals surface area contributed by atoms with E-state index in [-0.39, 0.29) is 14.7 Å². The number of aliphatic hydroxyl groups excluding tert-OH is 1. The summed E-state index contributed by atoms with van der Waals surface area (Å²) in [5, 5.41) is 8.94. The molecule has 1 atom stereocenters. The predicted octanol–water partition coefficient (Wildman–Crippen LogP) is 3.42. The number of alkyl halides is 3. The normalized spacial score (nSPS) is 15.0. The van der Waals surface area contributed by atoms with Gasteiger partial charge in [0, 0.05) is 4.83 Å². The third kappa shape index (κ3) is 4.86. The summed E-state index contributed by atoms with van der Waals surface area (Å²) in [6.45, 7) is 2.25. The highest BCUT2D eigenvalue weighted by molar-refractivity contribution is 9.26. The quantitative estimate of drug-likeness (QED) is 0.752. The van der Waals surface area contributed by atoms with Gasteiger partial charge in [-0.1, -0.05) is 67.6 Å². The first kappa shape index (κ1) is 12.4. The van der Waals surface area contributed by atoms with E-state index >= 15 is 0 Å². The molecule has 0 aliphatic heterocycles. The van der Waals surface area contributed by atoms with E-state index in [1.54, 1.807) is 0 Å². The van der Waals surface area contributed by atoms with E-state index in [0.717, 1.165) is 6.42 Å². The SMILES string of the molecule is CCCCC(Br)C(Br)(Br)CO. The zero-order valence-electron chi connectivity index (χ0n) is 6.49. The van der Waals surface area contributed by atoms with Crippen LogP contribution in [0.4, 0.5) is 0 Å². The number of hydrogen-bond acceptors (Lipinski definition) is 1. The minimum Gasteiger partial charge on any atom is -0.394 e. The molecule has 0 aromatic rings. The van der Waals surface area contributed by atoms with Crippen LogP contribution in [0.15, 0.2) is 0 Å². The lowest BCUT2D eigenvalue weighted by Gasteiger charge is -2.23. The Morgan fingerprint density at radius 1 is 1.45 bits per heavy atom. The first-order valence-electron chi connectivity index (χ1n) is 3.67. The monoisotopic (exact) mass is 350 g/mol. The molecule has 0 amide bonds. The maximum atomic E-state index is 8.94. The van der Waals surface area contributed by atoms with Crippen molar-refractivity contribution in [2.75, 3.05) is 6.61 Å². The van der Waals surface area contributed by atoms with Crippen molar-refractivity contribution in [3.8, 4) is 0 Å². The van der Waals surface area contributed by atoms with Crippen molar-refractivity contribution in [2.24, 2.45) is 0 Å². The van der Waals surface area contributed by atoms with E-state index in [4.69, 9.17) is 5.11 Å². The van der Waals surface area contributed by atoms with Gasteiger partial charge in [0.2, 0.25) is 0 Å². The van der Waals surface area contributed by atoms with Gasteiger partial charge in [0.25, 0.3) is 0 Å². The molecular weight excluding hydrogens is 340 g/mol. The molecule has 1 nitrogen and oxygen atoms in total. The zero-order chi connectivity index (χ0) is 8.91. The Kier molecular flexibility index (Phi) is 6.70.